The van der Waals surface area contributed by atoms with E-state index in [2.05, 4.69) is 0 Å². The van der Waals surface area contributed by atoms with Crippen molar-refractivity contribution in [3.8, 4) is 0 Å². The second-order valence-electron chi connectivity index (χ2n) is 3.55. The van der Waals surface area contributed by atoms with Crippen molar-refractivity contribution in [2.45, 2.75) is 13.8 Å². The summed E-state index contributed by atoms with van der Waals surface area (Å²) in [6.45, 7) is 2.87. The lowest BCUT2D eigenvalue weighted by atomic mass is 10.0. The highest BCUT2D eigenvalue weighted by Crippen LogP contribution is 2.28. The molecule has 0 bridgehead atoms. The fourth-order valence-electron chi connectivity index (χ4n) is 1.54. The van der Waals surface area contributed by atoms with Crippen molar-refractivity contribution >= 4 is 5.69 Å². The Morgan fingerprint density at radius 3 is 1.83 bits per heavy atom. The van der Waals surface area contributed by atoms with Gasteiger partial charge in [0, 0.05) is 10.5 Å². The Morgan fingerprint density at radius 2 is 1.44 bits per heavy atom. The molecule has 0 fully saturated rings. The van der Waals surface area contributed by atoms with Crippen molar-refractivity contribution in [3.63, 3.8) is 0 Å². The summed E-state index contributed by atoms with van der Waals surface area (Å²) in [6, 6.07) is 2.16. The Bertz CT molecular complexity index is 527. The number of hydrogen-bond donors (Lipinski definition) is 0. The first-order chi connectivity index (χ1) is 8.25. The van der Waals surface area contributed by atoms with Crippen molar-refractivity contribution in [2.24, 2.45) is 0 Å². The molecule has 0 unspecified atom stereocenters. The standard InChI is InChI=1S/C9H8N3O6/c1-5-3-6(2)8(10(13)14)4-7(5)9(11(15)16)12(17)18/h3-4H,1-2H3/q-1. The van der Waals surface area contributed by atoms with E-state index in [1.165, 1.54) is 19.9 Å². The molecule has 1 aromatic rings. The molecule has 0 aliphatic carbocycles. The molecule has 1 rings (SSSR count). The smallest absolute Gasteiger partial charge is 0.265 e. The highest BCUT2D eigenvalue weighted by molar-refractivity contribution is 5.48. The van der Waals surface area contributed by atoms with Gasteiger partial charge < -0.3 is 0 Å². The largest absolute Gasteiger partial charge is 0.460 e. The number of nitro groups is 3. The van der Waals surface area contributed by atoms with Crippen LogP contribution in [0.3, 0.4) is 0 Å². The molecule has 96 valence electrons. The SMILES string of the molecule is Cc1cc(C)c([N+](=O)[O-])cc1[C-]([N+](=O)[O-])[N+](=O)[O-]. The summed E-state index contributed by atoms with van der Waals surface area (Å²) in [5.74, 6) is 0. The van der Waals surface area contributed by atoms with Gasteiger partial charge in [-0.2, -0.15) is 0 Å². The van der Waals surface area contributed by atoms with E-state index in [9.17, 15) is 30.3 Å². The van der Waals surface area contributed by atoms with Gasteiger partial charge in [0.15, 0.2) is 0 Å². The average Bonchev–Trinajstić information content (AvgIpc) is 2.19. The molecule has 0 saturated heterocycles. The van der Waals surface area contributed by atoms with Gasteiger partial charge in [0.1, 0.15) is 0 Å². The lowest BCUT2D eigenvalue weighted by molar-refractivity contribution is -0.660. The minimum atomic E-state index is -1.27. The first-order valence-corrected chi connectivity index (χ1v) is 4.67. The minimum absolute atomic E-state index is 0.238. The number of nitrogens with zero attached hydrogens (tertiary/aromatic N) is 3. The molecule has 18 heavy (non-hydrogen) atoms. The van der Waals surface area contributed by atoms with E-state index in [0.717, 1.165) is 6.07 Å². The van der Waals surface area contributed by atoms with Gasteiger partial charge in [-0.15, -0.1) is 11.6 Å². The Hall–Kier alpha value is -2.71. The van der Waals surface area contributed by atoms with E-state index >= 15 is 0 Å². The van der Waals surface area contributed by atoms with Crippen molar-refractivity contribution in [1.82, 2.24) is 0 Å². The van der Waals surface area contributed by atoms with E-state index < -0.39 is 26.6 Å². The summed E-state index contributed by atoms with van der Waals surface area (Å²) >= 11 is 0. The average molecular weight is 254 g/mol. The fraction of sp³-hybridized carbons (Fsp3) is 0.222. The third-order valence-corrected chi connectivity index (χ3v) is 2.33. The second-order valence-corrected chi connectivity index (χ2v) is 3.55. The molecule has 0 aliphatic heterocycles. The molecule has 1 aromatic carbocycles. The van der Waals surface area contributed by atoms with E-state index in [0.29, 0.717) is 0 Å². The predicted molar refractivity (Wildman–Crippen MR) is 58.9 cm³/mol. The number of aryl methyl sites for hydroxylation is 2. The molecular weight excluding hydrogens is 246 g/mol. The van der Waals surface area contributed by atoms with Gasteiger partial charge in [-0.3, -0.25) is 30.3 Å². The number of rotatable bonds is 4. The molecule has 0 spiro atoms. The molecular formula is C9H8N3O6-. The van der Waals surface area contributed by atoms with Crippen LogP contribution in [0, 0.1) is 50.4 Å². The van der Waals surface area contributed by atoms with Crippen LogP contribution in [0.15, 0.2) is 12.1 Å². The van der Waals surface area contributed by atoms with E-state index in [1.54, 1.807) is 0 Å². The van der Waals surface area contributed by atoms with Crippen molar-refractivity contribution in [3.05, 3.63) is 65.3 Å². The summed E-state index contributed by atoms with van der Waals surface area (Å²) < 4.78 is 0. The first kappa shape index (κ1) is 13.4. The zero-order valence-electron chi connectivity index (χ0n) is 9.45. The van der Waals surface area contributed by atoms with Gasteiger partial charge in [-0.05, 0) is 12.5 Å². The Balaban J connectivity index is 3.48. The molecule has 0 N–H and O–H groups in total. The van der Waals surface area contributed by atoms with Crippen LogP contribution < -0.4 is 0 Å². The first-order valence-electron chi connectivity index (χ1n) is 4.67. The van der Waals surface area contributed by atoms with E-state index in [1.807, 2.05) is 0 Å². The van der Waals surface area contributed by atoms with Gasteiger partial charge in [0.05, 0.1) is 9.85 Å². The minimum Gasteiger partial charge on any atom is -0.265 e. The highest BCUT2D eigenvalue weighted by atomic mass is 16.7. The molecule has 0 radical (unpaired) electrons. The van der Waals surface area contributed by atoms with Gasteiger partial charge in [-0.25, -0.2) is 0 Å². The summed E-state index contributed by atoms with van der Waals surface area (Å²) in [7, 11) is 0. The second kappa shape index (κ2) is 4.65. The van der Waals surface area contributed by atoms with Crippen LogP contribution in [-0.2, 0) is 0 Å². The maximum absolute atomic E-state index is 10.7. The maximum atomic E-state index is 10.7. The summed E-state index contributed by atoms with van der Waals surface area (Å²) in [4.78, 5) is 28.9. The zero-order valence-corrected chi connectivity index (χ0v) is 9.45. The van der Waals surface area contributed by atoms with E-state index in [-0.39, 0.29) is 16.7 Å². The predicted octanol–water partition coefficient (Wildman–Crippen LogP) is 1.60. The molecule has 0 aromatic heterocycles. The van der Waals surface area contributed by atoms with Gasteiger partial charge in [0.25, 0.3) is 0 Å². The normalized spacial score (nSPS) is 9.89. The van der Waals surface area contributed by atoms with Gasteiger partial charge >= 0.3 is 6.17 Å². The summed E-state index contributed by atoms with van der Waals surface area (Å²) in [5.41, 5.74) is -0.229. The Morgan fingerprint density at radius 1 is 0.944 bits per heavy atom. The van der Waals surface area contributed by atoms with Crippen LogP contribution in [0.5, 0.6) is 0 Å². The van der Waals surface area contributed by atoms with Gasteiger partial charge in [0.2, 0.25) is 5.69 Å². The third-order valence-electron chi connectivity index (χ3n) is 2.33. The quantitative estimate of drug-likeness (QED) is 0.455. The van der Waals surface area contributed by atoms with Crippen LogP contribution in [0.2, 0.25) is 0 Å². The van der Waals surface area contributed by atoms with Crippen LogP contribution in [0.25, 0.3) is 0 Å². The molecule has 0 heterocycles. The lowest BCUT2D eigenvalue weighted by Crippen LogP contribution is -2.22. The summed E-state index contributed by atoms with van der Waals surface area (Å²) in [5, 5.41) is 31.9. The highest BCUT2D eigenvalue weighted by Gasteiger charge is 2.33. The van der Waals surface area contributed by atoms with E-state index in [4.69, 9.17) is 0 Å². The molecule has 0 aliphatic rings. The monoisotopic (exact) mass is 254 g/mol. The lowest BCUT2D eigenvalue weighted by Gasteiger charge is -2.13. The third kappa shape index (κ3) is 2.34. The fourth-order valence-corrected chi connectivity index (χ4v) is 1.54. The van der Waals surface area contributed by atoms with Crippen molar-refractivity contribution < 1.29 is 14.8 Å². The number of nitro benzene ring substituents is 1. The van der Waals surface area contributed by atoms with Crippen molar-refractivity contribution in [1.29, 1.82) is 0 Å². The molecule has 0 saturated carbocycles. The molecule has 0 atom stereocenters. The molecule has 9 heteroatoms. The van der Waals surface area contributed by atoms with Crippen LogP contribution >= 0.6 is 0 Å². The number of hydrogen-bond acceptors (Lipinski definition) is 6. The Labute approximate surface area is 100 Å². The Kier molecular flexibility index (Phi) is 3.45. The maximum Gasteiger partial charge on any atom is 0.460 e. The van der Waals surface area contributed by atoms with Crippen LogP contribution in [-0.4, -0.2) is 14.8 Å². The van der Waals surface area contributed by atoms with Crippen molar-refractivity contribution in [2.75, 3.05) is 0 Å². The molecule has 9 nitrogen and oxygen atoms in total. The topological polar surface area (TPSA) is 129 Å². The van der Waals surface area contributed by atoms with Crippen LogP contribution in [0.4, 0.5) is 5.69 Å². The van der Waals surface area contributed by atoms with Gasteiger partial charge in [-0.1, -0.05) is 13.0 Å². The van der Waals surface area contributed by atoms with Crippen LogP contribution in [0.1, 0.15) is 16.7 Å². The molecule has 0 amide bonds. The zero-order chi connectivity index (χ0) is 14.0. The number of benzene rings is 1. The summed E-state index contributed by atoms with van der Waals surface area (Å²) in [6.07, 6.45) is -1.27.